The molecular weight excluding hydrogens is 998 g/mol. The van der Waals surface area contributed by atoms with E-state index in [0.717, 1.165) is 47.2 Å². The van der Waals surface area contributed by atoms with Crippen molar-refractivity contribution in [2.75, 3.05) is 46.4 Å². The van der Waals surface area contributed by atoms with Crippen molar-refractivity contribution < 1.29 is 48.2 Å². The number of hydrogen-bond donors (Lipinski definition) is 8. The number of carbonyl (C=O) groups is 7. The Hall–Kier alpha value is -7.77. The number of aromatic nitrogens is 1. The fraction of sp³-hybridized carbons (Fsp3) is 0.424. The molecule has 0 spiro atoms. The Bertz CT molecular complexity index is 2770. The number of nitrogens with one attached hydrogen (secondary N) is 6. The van der Waals surface area contributed by atoms with Crippen molar-refractivity contribution >= 4 is 52.1 Å². The van der Waals surface area contributed by atoms with E-state index in [0.29, 0.717) is 49.0 Å². The zero-order valence-corrected chi connectivity index (χ0v) is 44.7. The highest BCUT2D eigenvalue weighted by molar-refractivity contribution is 5.97. The third-order valence-electron chi connectivity index (χ3n) is 13.8. The predicted octanol–water partition coefficient (Wildman–Crippen LogP) is 4.11. The number of likely N-dealkylation sites (N-methyl/N-ethyl adjacent to an activating group) is 1. The van der Waals surface area contributed by atoms with Crippen molar-refractivity contribution in [2.45, 2.75) is 108 Å². The second-order valence-electron chi connectivity index (χ2n) is 20.3. The number of fused-ring (bicyclic) bond motifs is 1. The van der Waals surface area contributed by atoms with Crippen LogP contribution in [0.2, 0.25) is 0 Å². The van der Waals surface area contributed by atoms with Crippen LogP contribution in [0.5, 0.6) is 5.75 Å². The highest BCUT2D eigenvalue weighted by Crippen LogP contribution is 2.21. The first-order chi connectivity index (χ1) is 37.6. The molecule has 1 aliphatic heterocycles. The van der Waals surface area contributed by atoms with Gasteiger partial charge < -0.3 is 51.9 Å². The summed E-state index contributed by atoms with van der Waals surface area (Å²) in [5, 5.41) is 39.6. The summed E-state index contributed by atoms with van der Waals surface area (Å²) in [4.78, 5) is 106. The number of aliphatic hydroxyl groups excluding tert-OH is 1. The molecule has 0 aliphatic carbocycles. The van der Waals surface area contributed by atoms with E-state index in [2.05, 4.69) is 41.8 Å². The second-order valence-corrected chi connectivity index (χ2v) is 20.3. The van der Waals surface area contributed by atoms with Crippen LogP contribution in [0, 0.1) is 11.7 Å². The summed E-state index contributed by atoms with van der Waals surface area (Å²) in [5.74, 6) is -4.72. The van der Waals surface area contributed by atoms with Crippen LogP contribution in [-0.2, 0) is 48.0 Å². The number of aryl methyl sites for hydroxylation is 1. The number of carbonyl (C=O) groups excluding carboxylic acids is 7. The van der Waals surface area contributed by atoms with Gasteiger partial charge in [-0.15, -0.1) is 0 Å². The minimum absolute atomic E-state index is 0.00214. The van der Waals surface area contributed by atoms with Crippen molar-refractivity contribution in [1.82, 2.24) is 46.7 Å². The van der Waals surface area contributed by atoms with Gasteiger partial charge in [0.15, 0.2) is 0 Å². The lowest BCUT2D eigenvalue weighted by Gasteiger charge is -2.32. The number of amides is 7. The smallest absolute Gasteiger partial charge is 0.252 e. The molecule has 416 valence electrons. The third-order valence-corrected chi connectivity index (χ3v) is 13.8. The van der Waals surface area contributed by atoms with Gasteiger partial charge in [0, 0.05) is 58.3 Å². The number of nitrogens with zero attached hydrogens (tertiary/aromatic N) is 3. The van der Waals surface area contributed by atoms with E-state index < -0.39 is 72.2 Å². The van der Waals surface area contributed by atoms with Crippen LogP contribution in [0.15, 0.2) is 116 Å². The van der Waals surface area contributed by atoms with E-state index in [4.69, 9.17) is 0 Å². The number of pyridine rings is 1. The minimum atomic E-state index is -1.62. The molecule has 2 heterocycles. The van der Waals surface area contributed by atoms with Crippen LogP contribution >= 0.6 is 0 Å². The molecule has 8 N–H and O–H groups in total. The van der Waals surface area contributed by atoms with Crippen molar-refractivity contribution in [3.05, 3.63) is 144 Å². The van der Waals surface area contributed by atoms with Gasteiger partial charge in [0.25, 0.3) is 5.91 Å². The Kier molecular flexibility index (Phi) is 23.1. The predicted molar refractivity (Wildman–Crippen MR) is 294 cm³/mol. The van der Waals surface area contributed by atoms with Crippen LogP contribution < -0.4 is 31.9 Å². The third kappa shape index (κ3) is 18.5. The normalized spacial score (nSPS) is 14.3. The summed E-state index contributed by atoms with van der Waals surface area (Å²) in [6, 6.07) is 21.7. The molecule has 0 radical (unpaired) electrons. The summed E-state index contributed by atoms with van der Waals surface area (Å²) in [6.45, 7) is 6.16. The molecule has 5 atom stereocenters. The molecule has 0 bridgehead atoms. The number of benzene rings is 4. The van der Waals surface area contributed by atoms with E-state index in [1.165, 1.54) is 37.5 Å². The van der Waals surface area contributed by atoms with Crippen molar-refractivity contribution in [3.63, 3.8) is 0 Å². The molecule has 0 saturated carbocycles. The topological polar surface area (TPSA) is 251 Å². The number of aliphatic hydroxyl groups is 1. The maximum atomic E-state index is 14.8. The molecule has 1 aliphatic rings. The highest BCUT2D eigenvalue weighted by Gasteiger charge is 2.36. The van der Waals surface area contributed by atoms with E-state index in [-0.39, 0.29) is 62.1 Å². The Labute approximate surface area is 455 Å². The van der Waals surface area contributed by atoms with Gasteiger partial charge in [0.1, 0.15) is 41.8 Å². The molecule has 18 nitrogen and oxygen atoms in total. The van der Waals surface area contributed by atoms with Crippen molar-refractivity contribution in [2.24, 2.45) is 5.92 Å². The molecule has 1 aromatic heterocycles. The van der Waals surface area contributed by atoms with E-state index in [1.807, 2.05) is 56.3 Å². The molecule has 7 amide bonds. The van der Waals surface area contributed by atoms with Crippen molar-refractivity contribution in [3.8, 4) is 5.75 Å². The largest absolute Gasteiger partial charge is 0.508 e. The van der Waals surface area contributed by atoms with E-state index in [1.54, 1.807) is 42.6 Å². The Balaban J connectivity index is 1.22. The van der Waals surface area contributed by atoms with Gasteiger partial charge in [0.2, 0.25) is 35.4 Å². The maximum absolute atomic E-state index is 14.8. The van der Waals surface area contributed by atoms with Crippen LogP contribution in [0.25, 0.3) is 10.8 Å². The lowest BCUT2D eigenvalue weighted by Crippen LogP contribution is -2.60. The molecule has 4 aromatic carbocycles. The van der Waals surface area contributed by atoms with Crippen LogP contribution in [0.1, 0.15) is 85.8 Å². The zero-order valence-electron chi connectivity index (χ0n) is 44.7. The van der Waals surface area contributed by atoms with Gasteiger partial charge in [0.05, 0.1) is 12.2 Å². The first kappa shape index (κ1) is 59.5. The molecule has 0 unspecified atom stereocenters. The quantitative estimate of drug-likeness (QED) is 0.0317. The molecular formula is C59H74FN9O9. The van der Waals surface area contributed by atoms with E-state index >= 15 is 0 Å². The van der Waals surface area contributed by atoms with Gasteiger partial charge >= 0.3 is 0 Å². The number of rotatable bonds is 29. The van der Waals surface area contributed by atoms with E-state index in [9.17, 15) is 48.2 Å². The zero-order chi connectivity index (χ0) is 56.0. The molecule has 1 fully saturated rings. The first-order valence-corrected chi connectivity index (χ1v) is 26.8. The SMILES string of the molecule is CC(C)C[C@H](NC(=O)[C@@H](CCCCNC(=O)c1cccnc1)NC(=O)[C@H](Cc1ccc(O)cc1)N(C)C(=O)[C@H](CO)NC(=O)[C@@H](Cc1cccc2ccccc12)NC(=O)CCc1ccc(F)cc1)C(=O)NCCN1CCCC1. The number of phenolic OH excluding ortho intramolecular Hbond substituents is 1. The number of aromatic hydroxyl groups is 1. The van der Waals surface area contributed by atoms with Crippen LogP contribution in [-0.4, -0.2) is 143 Å². The summed E-state index contributed by atoms with van der Waals surface area (Å²) in [5.41, 5.74) is 2.32. The fourth-order valence-electron chi connectivity index (χ4n) is 9.45. The van der Waals surface area contributed by atoms with Crippen LogP contribution in [0.4, 0.5) is 4.39 Å². The minimum Gasteiger partial charge on any atom is -0.508 e. The van der Waals surface area contributed by atoms with Crippen molar-refractivity contribution in [1.29, 1.82) is 0 Å². The monoisotopic (exact) mass is 1070 g/mol. The average molecular weight is 1070 g/mol. The summed E-state index contributed by atoms with van der Waals surface area (Å²) in [7, 11) is 1.33. The highest BCUT2D eigenvalue weighted by atomic mass is 19.1. The number of hydrogen-bond acceptors (Lipinski definition) is 11. The lowest BCUT2D eigenvalue weighted by molar-refractivity contribution is -0.143. The summed E-state index contributed by atoms with van der Waals surface area (Å²) in [6.07, 6.45) is 6.37. The Morgan fingerprint density at radius 3 is 2.08 bits per heavy atom. The standard InChI is InChI=1S/C59H74FN9O9/c1-39(2)34-49(55(74)63-30-33-69-31-8-9-32-69)66-56(75)48(17-6-7-29-62-54(73)44-15-11-28-61-37-44)65-58(77)52(35-41-20-25-46(71)26-21-41)68(3)59(78)51(38-70)67-57(76)50(36-43-14-10-13-42-12-4-5-16-47(42)43)64-53(72)27-22-40-18-23-45(60)24-19-40/h4-5,10-16,18-21,23-26,28,37,39,48-52,70-71H,6-9,17,22,27,29-36,38H2,1-3H3,(H,62,73)(H,63,74)(H,64,72)(H,65,77)(H,66,75)(H,67,76)/t48-,49+,50-,51+,52+/m1/s1. The van der Waals surface area contributed by atoms with Gasteiger partial charge in [-0.3, -0.25) is 38.5 Å². The Morgan fingerprint density at radius 1 is 0.692 bits per heavy atom. The maximum Gasteiger partial charge on any atom is 0.252 e. The molecule has 6 rings (SSSR count). The first-order valence-electron chi connectivity index (χ1n) is 26.8. The average Bonchev–Trinajstić information content (AvgIpc) is 3.98. The number of unbranched alkanes of at least 4 members (excludes halogenated alkanes) is 1. The number of likely N-dealkylation sites (tertiary alicyclic amines) is 1. The fourth-order valence-corrected chi connectivity index (χ4v) is 9.45. The van der Waals surface area contributed by atoms with Gasteiger partial charge in [-0.05, 0) is 128 Å². The molecule has 1 saturated heterocycles. The van der Waals surface area contributed by atoms with Gasteiger partial charge in [-0.2, -0.15) is 0 Å². The molecule has 78 heavy (non-hydrogen) atoms. The number of phenols is 1. The second kappa shape index (κ2) is 30.2. The van der Waals surface area contributed by atoms with Crippen LogP contribution in [0.3, 0.4) is 0 Å². The molecule has 5 aromatic rings. The summed E-state index contributed by atoms with van der Waals surface area (Å²) < 4.78 is 13.6. The Morgan fingerprint density at radius 2 is 1.37 bits per heavy atom. The lowest BCUT2D eigenvalue weighted by atomic mass is 9.97. The van der Waals surface area contributed by atoms with Gasteiger partial charge in [-0.25, -0.2) is 4.39 Å². The number of halogens is 1. The molecule has 19 heteroatoms. The summed E-state index contributed by atoms with van der Waals surface area (Å²) >= 11 is 0. The van der Waals surface area contributed by atoms with Gasteiger partial charge in [-0.1, -0.05) is 80.6 Å².